The average Bonchev–Trinajstić information content (AvgIpc) is 2.64. The van der Waals surface area contributed by atoms with Crippen LogP contribution in [0.5, 0.6) is 0 Å². The van der Waals surface area contributed by atoms with Gasteiger partial charge in [0, 0.05) is 31.2 Å². The minimum absolute atomic E-state index is 1.05. The largest absolute Gasteiger partial charge is 0.305 e. The van der Waals surface area contributed by atoms with Gasteiger partial charge in [-0.2, -0.15) is 0 Å². The molecule has 0 atom stereocenters. The molecular weight excluding hydrogens is 234 g/mol. The zero-order valence-corrected chi connectivity index (χ0v) is 11.5. The highest BCUT2D eigenvalue weighted by atomic mass is 15.2. The molecule has 0 N–H and O–H groups in total. The number of benzene rings is 1. The third-order valence-electron chi connectivity index (χ3n) is 3.89. The van der Waals surface area contributed by atoms with Crippen LogP contribution >= 0.6 is 0 Å². The maximum Gasteiger partial charge on any atom is 0.0702 e. The lowest BCUT2D eigenvalue weighted by Crippen LogP contribution is -2.28. The van der Waals surface area contributed by atoms with Crippen molar-refractivity contribution >= 4 is 10.9 Å². The molecule has 1 saturated heterocycles. The predicted molar refractivity (Wildman–Crippen MR) is 79.1 cm³/mol. The van der Waals surface area contributed by atoms with Crippen molar-refractivity contribution in [3.05, 3.63) is 42.1 Å². The molecule has 0 bridgehead atoms. The van der Waals surface area contributed by atoms with E-state index in [4.69, 9.17) is 0 Å². The molecule has 3 heteroatoms. The average molecular weight is 255 g/mol. The molecule has 0 saturated carbocycles. The summed E-state index contributed by atoms with van der Waals surface area (Å²) in [5.74, 6) is 0. The van der Waals surface area contributed by atoms with Crippen LogP contribution in [0.1, 0.15) is 12.0 Å². The number of fused-ring (bicyclic) bond motifs is 1. The Hall–Kier alpha value is -1.45. The molecule has 3 rings (SSSR count). The molecule has 1 fully saturated rings. The smallest absolute Gasteiger partial charge is 0.0702 e. The minimum atomic E-state index is 1.05. The van der Waals surface area contributed by atoms with Crippen molar-refractivity contribution in [3.8, 4) is 0 Å². The summed E-state index contributed by atoms with van der Waals surface area (Å²) in [6, 6.07) is 10.8. The number of aromatic nitrogens is 1. The second-order valence-electron chi connectivity index (χ2n) is 5.46. The summed E-state index contributed by atoms with van der Waals surface area (Å²) < 4.78 is 0. The van der Waals surface area contributed by atoms with Crippen molar-refractivity contribution < 1.29 is 0 Å². The van der Waals surface area contributed by atoms with Gasteiger partial charge in [-0.05, 0) is 50.3 Å². The van der Waals surface area contributed by atoms with Crippen molar-refractivity contribution in [1.82, 2.24) is 14.8 Å². The summed E-state index contributed by atoms with van der Waals surface area (Å²) in [5.41, 5.74) is 2.48. The zero-order chi connectivity index (χ0) is 13.1. The molecule has 1 aromatic carbocycles. The highest BCUT2D eigenvalue weighted by Crippen LogP contribution is 2.15. The summed E-state index contributed by atoms with van der Waals surface area (Å²) in [7, 11) is 2.21. The van der Waals surface area contributed by atoms with Gasteiger partial charge in [0.1, 0.15) is 0 Å². The molecule has 100 valence electrons. The lowest BCUT2D eigenvalue weighted by Gasteiger charge is -2.20. The van der Waals surface area contributed by atoms with E-state index in [9.17, 15) is 0 Å². The Labute approximate surface area is 114 Å². The first-order valence-electron chi connectivity index (χ1n) is 7.06. The summed E-state index contributed by atoms with van der Waals surface area (Å²) >= 11 is 0. The molecule has 0 unspecified atom stereocenters. The number of pyridine rings is 1. The fraction of sp³-hybridized carbons (Fsp3) is 0.438. The molecule has 1 aliphatic heterocycles. The van der Waals surface area contributed by atoms with E-state index < -0.39 is 0 Å². The highest BCUT2D eigenvalue weighted by Gasteiger charge is 2.12. The van der Waals surface area contributed by atoms with E-state index >= 15 is 0 Å². The molecule has 0 radical (unpaired) electrons. The van der Waals surface area contributed by atoms with Crippen molar-refractivity contribution in [2.24, 2.45) is 0 Å². The van der Waals surface area contributed by atoms with Crippen LogP contribution in [0.25, 0.3) is 10.9 Å². The van der Waals surface area contributed by atoms with Crippen LogP contribution < -0.4 is 0 Å². The molecule has 0 amide bonds. The number of likely N-dealkylation sites (N-methyl/N-ethyl adjacent to an activating group) is 1. The summed E-state index contributed by atoms with van der Waals surface area (Å²) in [4.78, 5) is 9.35. The normalized spacial score (nSPS) is 18.6. The molecule has 1 aliphatic rings. The van der Waals surface area contributed by atoms with Crippen LogP contribution in [-0.2, 0) is 6.54 Å². The Kier molecular flexibility index (Phi) is 3.76. The first-order chi connectivity index (χ1) is 9.31. The van der Waals surface area contributed by atoms with Gasteiger partial charge < -0.3 is 4.90 Å². The van der Waals surface area contributed by atoms with E-state index in [1.807, 2.05) is 12.3 Å². The number of rotatable bonds is 2. The monoisotopic (exact) mass is 255 g/mol. The maximum absolute atomic E-state index is 4.37. The Bertz CT molecular complexity index is 552. The van der Waals surface area contributed by atoms with Gasteiger partial charge in [-0.3, -0.25) is 9.88 Å². The Morgan fingerprint density at radius 1 is 1.11 bits per heavy atom. The second-order valence-corrected chi connectivity index (χ2v) is 5.46. The fourth-order valence-electron chi connectivity index (χ4n) is 2.74. The molecule has 2 heterocycles. The lowest BCUT2D eigenvalue weighted by atomic mass is 10.1. The molecule has 3 nitrogen and oxygen atoms in total. The van der Waals surface area contributed by atoms with Gasteiger partial charge >= 0.3 is 0 Å². The van der Waals surface area contributed by atoms with E-state index in [1.165, 1.54) is 43.5 Å². The lowest BCUT2D eigenvalue weighted by molar-refractivity contribution is 0.269. The van der Waals surface area contributed by atoms with Crippen LogP contribution in [0, 0.1) is 0 Å². The highest BCUT2D eigenvalue weighted by molar-refractivity contribution is 5.78. The van der Waals surface area contributed by atoms with Gasteiger partial charge in [0.2, 0.25) is 0 Å². The molecule has 0 aliphatic carbocycles. The van der Waals surface area contributed by atoms with Crippen molar-refractivity contribution in [1.29, 1.82) is 0 Å². The maximum atomic E-state index is 4.37. The van der Waals surface area contributed by atoms with Crippen molar-refractivity contribution in [3.63, 3.8) is 0 Å². The molecule has 19 heavy (non-hydrogen) atoms. The van der Waals surface area contributed by atoms with Gasteiger partial charge in [-0.25, -0.2) is 0 Å². The number of hydrogen-bond donors (Lipinski definition) is 0. The van der Waals surface area contributed by atoms with E-state index in [0.717, 1.165) is 12.1 Å². The van der Waals surface area contributed by atoms with Gasteiger partial charge in [0.15, 0.2) is 0 Å². The number of hydrogen-bond acceptors (Lipinski definition) is 3. The Morgan fingerprint density at radius 2 is 2.05 bits per heavy atom. The van der Waals surface area contributed by atoms with E-state index in [1.54, 1.807) is 0 Å². The predicted octanol–water partition coefficient (Wildman–Crippen LogP) is 2.37. The van der Waals surface area contributed by atoms with Gasteiger partial charge in [-0.15, -0.1) is 0 Å². The first-order valence-corrected chi connectivity index (χ1v) is 7.06. The second kappa shape index (κ2) is 5.68. The van der Waals surface area contributed by atoms with Gasteiger partial charge in [-0.1, -0.05) is 12.1 Å². The Balaban J connectivity index is 1.73. The molecule has 2 aromatic rings. The van der Waals surface area contributed by atoms with Gasteiger partial charge in [0.25, 0.3) is 0 Å². The topological polar surface area (TPSA) is 19.4 Å². The fourth-order valence-corrected chi connectivity index (χ4v) is 2.74. The minimum Gasteiger partial charge on any atom is -0.305 e. The van der Waals surface area contributed by atoms with Crippen molar-refractivity contribution in [2.45, 2.75) is 13.0 Å². The summed E-state index contributed by atoms with van der Waals surface area (Å²) in [5, 5.41) is 1.24. The standard InChI is InChI=1S/C16H21N3/c1-18-8-3-9-19(11-10-18)13-14-5-6-16-15(12-14)4-2-7-17-16/h2,4-7,12H,3,8-11,13H2,1H3. The van der Waals surface area contributed by atoms with E-state index in [-0.39, 0.29) is 0 Å². The molecular formula is C16H21N3. The van der Waals surface area contributed by atoms with Gasteiger partial charge in [0.05, 0.1) is 5.52 Å². The van der Waals surface area contributed by atoms with Crippen molar-refractivity contribution in [2.75, 3.05) is 33.2 Å². The van der Waals surface area contributed by atoms with E-state index in [2.05, 4.69) is 46.1 Å². The quantitative estimate of drug-likeness (QED) is 0.821. The summed E-state index contributed by atoms with van der Waals surface area (Å²) in [6.07, 6.45) is 3.12. The number of nitrogens with zero attached hydrogens (tertiary/aromatic N) is 3. The first kappa shape index (κ1) is 12.6. The van der Waals surface area contributed by atoms with Crippen LogP contribution in [0.4, 0.5) is 0 Å². The van der Waals surface area contributed by atoms with E-state index in [0.29, 0.717) is 0 Å². The third-order valence-corrected chi connectivity index (χ3v) is 3.89. The third kappa shape index (κ3) is 3.11. The molecule has 1 aromatic heterocycles. The zero-order valence-electron chi connectivity index (χ0n) is 11.5. The summed E-state index contributed by atoms with van der Waals surface area (Å²) in [6.45, 7) is 5.82. The van der Waals surface area contributed by atoms with Crippen LogP contribution in [0.15, 0.2) is 36.5 Å². The van der Waals surface area contributed by atoms with Crippen LogP contribution in [0.3, 0.4) is 0 Å². The van der Waals surface area contributed by atoms with Crippen LogP contribution in [-0.4, -0.2) is 48.0 Å². The SMILES string of the molecule is CN1CCCN(Cc2ccc3ncccc3c2)CC1. The Morgan fingerprint density at radius 3 is 3.00 bits per heavy atom. The van der Waals surface area contributed by atoms with Crippen LogP contribution in [0.2, 0.25) is 0 Å². The molecule has 0 spiro atoms.